The van der Waals surface area contributed by atoms with E-state index in [1.54, 1.807) is 38.1 Å². The van der Waals surface area contributed by atoms with E-state index in [-0.39, 0.29) is 11.4 Å². The zero-order chi connectivity index (χ0) is 21.5. The van der Waals surface area contributed by atoms with Gasteiger partial charge in [-0.15, -0.1) is 0 Å². The Morgan fingerprint density at radius 1 is 1.07 bits per heavy atom. The first-order valence-corrected chi connectivity index (χ1v) is 9.21. The van der Waals surface area contributed by atoms with Crippen LogP contribution in [0.4, 0.5) is 5.88 Å². The lowest BCUT2D eigenvalue weighted by Gasteiger charge is -2.08. The minimum absolute atomic E-state index is 0.0521. The monoisotopic (exact) mass is 404 g/mol. The fourth-order valence-corrected chi connectivity index (χ4v) is 2.65. The zero-order valence-electron chi connectivity index (χ0n) is 16.6. The number of carbonyl (C=O) groups excluding carboxylic acids is 2. The summed E-state index contributed by atoms with van der Waals surface area (Å²) < 4.78 is 16.1. The van der Waals surface area contributed by atoms with Gasteiger partial charge in [0.2, 0.25) is 5.88 Å². The number of amides is 1. The quantitative estimate of drug-likeness (QED) is 0.594. The molecule has 3 aromatic rings. The molecular weight excluding hydrogens is 384 g/mol. The summed E-state index contributed by atoms with van der Waals surface area (Å²) >= 11 is 0. The van der Waals surface area contributed by atoms with Gasteiger partial charge in [0, 0.05) is 5.56 Å². The van der Waals surface area contributed by atoms with E-state index in [0.29, 0.717) is 23.5 Å². The molecule has 3 rings (SSSR count). The summed E-state index contributed by atoms with van der Waals surface area (Å²) in [5.41, 5.74) is 2.11. The maximum atomic E-state index is 12.2. The summed E-state index contributed by atoms with van der Waals surface area (Å²) in [5, 5.41) is 11.6. The molecule has 1 aromatic heterocycles. The molecule has 0 fully saturated rings. The summed E-state index contributed by atoms with van der Waals surface area (Å²) in [6, 6.07) is 18.1. The normalized spacial score (nSPS) is 10.2. The molecule has 0 bridgehead atoms. The van der Waals surface area contributed by atoms with Crippen molar-refractivity contribution >= 4 is 17.8 Å². The molecule has 1 N–H and O–H groups in total. The van der Waals surface area contributed by atoms with Crippen LogP contribution in [0, 0.1) is 25.2 Å². The van der Waals surface area contributed by atoms with Crippen LogP contribution in [-0.2, 0) is 16.1 Å². The highest BCUT2D eigenvalue weighted by atomic mass is 16.5. The lowest BCUT2D eigenvalue weighted by atomic mass is 10.1. The summed E-state index contributed by atoms with van der Waals surface area (Å²) in [5.74, 6) is 0.120. The first kappa shape index (κ1) is 20.7. The fraction of sp³-hybridized carbons (Fsp3) is 0.174. The third kappa shape index (κ3) is 5.06. The van der Waals surface area contributed by atoms with Crippen LogP contribution in [0.3, 0.4) is 0 Å². The van der Waals surface area contributed by atoms with Crippen LogP contribution in [0.25, 0.3) is 0 Å². The van der Waals surface area contributed by atoms with Gasteiger partial charge in [0.1, 0.15) is 29.7 Å². The van der Waals surface area contributed by atoms with Gasteiger partial charge >= 0.3 is 5.97 Å². The number of nitriles is 1. The van der Waals surface area contributed by atoms with Crippen molar-refractivity contribution in [1.29, 1.82) is 5.26 Å². The molecule has 0 radical (unpaired) electrons. The van der Waals surface area contributed by atoms with E-state index in [1.807, 2.05) is 36.4 Å². The number of hydrogen-bond acceptors (Lipinski definition) is 6. The topological polar surface area (TPSA) is 102 Å². The highest BCUT2D eigenvalue weighted by Crippen LogP contribution is 2.25. The van der Waals surface area contributed by atoms with E-state index in [1.165, 1.54) is 0 Å². The van der Waals surface area contributed by atoms with E-state index in [2.05, 4.69) is 5.32 Å². The molecule has 0 atom stereocenters. The fourth-order valence-electron chi connectivity index (χ4n) is 2.65. The van der Waals surface area contributed by atoms with Crippen LogP contribution in [0.15, 0.2) is 59.0 Å². The second-order valence-electron chi connectivity index (χ2n) is 6.52. The standard InChI is InChI=1S/C23H20N2O5/c1-15-16(2)30-22(20(15)12-24)25-21(26)14-29-23(27)18-10-8-17(9-11-18)13-28-19-6-4-3-5-7-19/h3-11H,13-14H2,1-2H3,(H,25,26). The summed E-state index contributed by atoms with van der Waals surface area (Å²) in [4.78, 5) is 24.2. The average molecular weight is 404 g/mol. The van der Waals surface area contributed by atoms with E-state index < -0.39 is 18.5 Å². The van der Waals surface area contributed by atoms with Crippen molar-refractivity contribution < 1.29 is 23.5 Å². The van der Waals surface area contributed by atoms with E-state index in [4.69, 9.17) is 19.2 Å². The van der Waals surface area contributed by atoms with Gasteiger partial charge in [-0.25, -0.2) is 4.79 Å². The molecule has 30 heavy (non-hydrogen) atoms. The van der Waals surface area contributed by atoms with Gasteiger partial charge in [0.05, 0.1) is 5.56 Å². The first-order valence-electron chi connectivity index (χ1n) is 9.21. The number of benzene rings is 2. The lowest BCUT2D eigenvalue weighted by molar-refractivity contribution is -0.119. The molecule has 0 unspecified atom stereocenters. The Morgan fingerprint density at radius 2 is 1.77 bits per heavy atom. The molecule has 1 amide bonds. The van der Waals surface area contributed by atoms with Crippen molar-refractivity contribution in [2.75, 3.05) is 11.9 Å². The molecule has 7 heteroatoms. The van der Waals surface area contributed by atoms with Crippen LogP contribution >= 0.6 is 0 Å². The predicted octanol–water partition coefficient (Wildman–Crippen LogP) is 4.14. The van der Waals surface area contributed by atoms with Crippen LogP contribution in [0.2, 0.25) is 0 Å². The SMILES string of the molecule is Cc1oc(NC(=O)COC(=O)c2ccc(COc3ccccc3)cc2)c(C#N)c1C. The number of nitrogens with one attached hydrogen (secondary N) is 1. The molecule has 0 saturated heterocycles. The summed E-state index contributed by atoms with van der Waals surface area (Å²) in [7, 11) is 0. The minimum Gasteiger partial charge on any atom is -0.489 e. The van der Waals surface area contributed by atoms with Crippen molar-refractivity contribution in [2.45, 2.75) is 20.5 Å². The van der Waals surface area contributed by atoms with Crippen molar-refractivity contribution in [3.8, 4) is 11.8 Å². The number of carbonyl (C=O) groups is 2. The number of esters is 1. The Morgan fingerprint density at radius 3 is 2.43 bits per heavy atom. The number of rotatable bonds is 7. The summed E-state index contributed by atoms with van der Waals surface area (Å²) in [6.45, 7) is 3.29. The molecule has 152 valence electrons. The molecule has 0 saturated carbocycles. The second-order valence-corrected chi connectivity index (χ2v) is 6.52. The molecule has 0 aliphatic carbocycles. The van der Waals surface area contributed by atoms with Crippen LogP contribution < -0.4 is 10.1 Å². The van der Waals surface area contributed by atoms with Crippen LogP contribution in [0.1, 0.15) is 32.8 Å². The number of aryl methyl sites for hydroxylation is 1. The molecule has 0 spiro atoms. The van der Waals surface area contributed by atoms with E-state index in [0.717, 1.165) is 11.3 Å². The smallest absolute Gasteiger partial charge is 0.338 e. The molecule has 7 nitrogen and oxygen atoms in total. The number of ether oxygens (including phenoxy) is 2. The predicted molar refractivity (Wildman–Crippen MR) is 109 cm³/mol. The molecular formula is C23H20N2O5. The van der Waals surface area contributed by atoms with Gasteiger partial charge in [-0.3, -0.25) is 10.1 Å². The average Bonchev–Trinajstić information content (AvgIpc) is 3.03. The maximum absolute atomic E-state index is 12.2. The third-order valence-corrected chi connectivity index (χ3v) is 4.42. The van der Waals surface area contributed by atoms with Crippen LogP contribution in [0.5, 0.6) is 5.75 Å². The van der Waals surface area contributed by atoms with Crippen molar-refractivity contribution in [3.05, 3.63) is 82.6 Å². The number of anilines is 1. The van der Waals surface area contributed by atoms with Crippen LogP contribution in [-0.4, -0.2) is 18.5 Å². The molecule has 0 aliphatic heterocycles. The zero-order valence-corrected chi connectivity index (χ0v) is 16.6. The van der Waals surface area contributed by atoms with Gasteiger partial charge in [-0.2, -0.15) is 5.26 Å². The highest BCUT2D eigenvalue weighted by molar-refractivity contribution is 5.95. The Labute approximate surface area is 173 Å². The maximum Gasteiger partial charge on any atom is 0.338 e. The van der Waals surface area contributed by atoms with Gasteiger partial charge in [0.15, 0.2) is 6.61 Å². The molecule has 2 aromatic carbocycles. The highest BCUT2D eigenvalue weighted by Gasteiger charge is 2.17. The lowest BCUT2D eigenvalue weighted by Crippen LogP contribution is -2.21. The van der Waals surface area contributed by atoms with Gasteiger partial charge in [-0.05, 0) is 43.7 Å². The number of nitrogens with zero attached hydrogens (tertiary/aromatic N) is 1. The largest absolute Gasteiger partial charge is 0.489 e. The van der Waals surface area contributed by atoms with E-state index >= 15 is 0 Å². The number of furan rings is 1. The number of hydrogen-bond donors (Lipinski definition) is 1. The van der Waals surface area contributed by atoms with Crippen molar-refractivity contribution in [2.24, 2.45) is 0 Å². The van der Waals surface area contributed by atoms with Gasteiger partial charge in [-0.1, -0.05) is 30.3 Å². The Bertz CT molecular complexity index is 1080. The third-order valence-electron chi connectivity index (χ3n) is 4.42. The Hall–Kier alpha value is -4.05. The first-order chi connectivity index (χ1) is 14.5. The van der Waals surface area contributed by atoms with Crippen molar-refractivity contribution in [3.63, 3.8) is 0 Å². The summed E-state index contributed by atoms with van der Waals surface area (Å²) in [6.07, 6.45) is 0. The molecule has 1 heterocycles. The van der Waals surface area contributed by atoms with Gasteiger partial charge < -0.3 is 13.9 Å². The van der Waals surface area contributed by atoms with E-state index in [9.17, 15) is 9.59 Å². The number of para-hydroxylation sites is 1. The molecule has 0 aliphatic rings. The minimum atomic E-state index is -0.631. The van der Waals surface area contributed by atoms with Crippen molar-refractivity contribution in [1.82, 2.24) is 0 Å². The second kappa shape index (κ2) is 9.43. The Balaban J connectivity index is 1.50. The Kier molecular flexibility index (Phi) is 6.50. The van der Waals surface area contributed by atoms with Gasteiger partial charge in [0.25, 0.3) is 5.91 Å².